The van der Waals surface area contributed by atoms with Crippen LogP contribution >= 0.6 is 23.4 Å². The number of rotatable bonds is 6. The van der Waals surface area contributed by atoms with Crippen molar-refractivity contribution in [3.63, 3.8) is 0 Å². The molecule has 1 atom stereocenters. The second-order valence-corrected chi connectivity index (χ2v) is 7.57. The van der Waals surface area contributed by atoms with Gasteiger partial charge in [0.2, 0.25) is 5.91 Å². The predicted molar refractivity (Wildman–Crippen MR) is 100 cm³/mol. The number of carbonyl (C=O) groups excluding carboxylic acids is 1. The molecule has 1 aromatic carbocycles. The van der Waals surface area contributed by atoms with E-state index in [1.54, 1.807) is 6.20 Å². The van der Waals surface area contributed by atoms with Gasteiger partial charge in [0.25, 0.3) is 0 Å². The van der Waals surface area contributed by atoms with Crippen molar-refractivity contribution < 1.29 is 4.79 Å². The number of thioether (sulfide) groups is 1. The molecular formula is C19H21ClN2OS. The van der Waals surface area contributed by atoms with E-state index >= 15 is 0 Å². The molecule has 0 bridgehead atoms. The number of hydrogen-bond donors (Lipinski definition) is 0. The van der Waals surface area contributed by atoms with Gasteiger partial charge >= 0.3 is 0 Å². The Bertz CT molecular complexity index is 657. The summed E-state index contributed by atoms with van der Waals surface area (Å²) in [6.07, 6.45) is 4.13. The Morgan fingerprint density at radius 2 is 2.08 bits per heavy atom. The number of pyridine rings is 1. The van der Waals surface area contributed by atoms with E-state index in [2.05, 4.69) is 4.98 Å². The molecule has 126 valence electrons. The number of hydrogen-bond acceptors (Lipinski definition) is 3. The first-order valence-corrected chi connectivity index (χ1v) is 9.77. The molecule has 3 rings (SSSR count). The monoisotopic (exact) mass is 360 g/mol. The summed E-state index contributed by atoms with van der Waals surface area (Å²) in [5.74, 6) is 2.37. The first kappa shape index (κ1) is 17.3. The summed E-state index contributed by atoms with van der Waals surface area (Å²) in [5.41, 5.74) is 2.10. The number of aromatic nitrogens is 1. The van der Waals surface area contributed by atoms with Crippen molar-refractivity contribution in [1.29, 1.82) is 0 Å². The number of nitrogens with zero attached hydrogens (tertiary/aromatic N) is 2. The van der Waals surface area contributed by atoms with Crippen LogP contribution in [0.25, 0.3) is 0 Å². The van der Waals surface area contributed by atoms with Gasteiger partial charge in [-0.2, -0.15) is 11.8 Å². The summed E-state index contributed by atoms with van der Waals surface area (Å²) in [6, 6.07) is 13.9. The van der Waals surface area contributed by atoms with Gasteiger partial charge in [-0.1, -0.05) is 29.8 Å². The lowest BCUT2D eigenvalue weighted by molar-refractivity contribution is -0.133. The minimum Gasteiger partial charge on any atom is -0.333 e. The van der Waals surface area contributed by atoms with Gasteiger partial charge in [-0.25, -0.2) is 0 Å². The fraction of sp³-hybridized carbons (Fsp3) is 0.368. The van der Waals surface area contributed by atoms with Crippen LogP contribution < -0.4 is 0 Å². The molecule has 1 amide bonds. The minimum atomic E-state index is 0.211. The van der Waals surface area contributed by atoms with E-state index in [-0.39, 0.29) is 5.91 Å². The fourth-order valence-electron chi connectivity index (χ4n) is 2.90. The predicted octanol–water partition coefficient (Wildman–Crippen LogP) is 4.20. The maximum atomic E-state index is 12.8. The molecular weight excluding hydrogens is 340 g/mol. The van der Waals surface area contributed by atoms with Crippen LogP contribution in [0.4, 0.5) is 0 Å². The highest BCUT2D eigenvalue weighted by Crippen LogP contribution is 2.24. The van der Waals surface area contributed by atoms with Crippen LogP contribution in [-0.2, 0) is 17.8 Å². The quantitative estimate of drug-likeness (QED) is 0.774. The molecule has 0 saturated carbocycles. The zero-order chi connectivity index (χ0) is 16.8. The van der Waals surface area contributed by atoms with E-state index in [1.807, 2.05) is 59.1 Å². The van der Waals surface area contributed by atoms with E-state index in [1.165, 1.54) is 0 Å². The lowest BCUT2D eigenvalue weighted by Gasteiger charge is -2.28. The molecule has 1 aromatic heterocycles. The van der Waals surface area contributed by atoms with E-state index in [4.69, 9.17) is 11.6 Å². The molecule has 1 saturated heterocycles. The van der Waals surface area contributed by atoms with E-state index in [9.17, 15) is 4.79 Å². The second kappa shape index (κ2) is 8.54. The highest BCUT2D eigenvalue weighted by Gasteiger charge is 2.27. The van der Waals surface area contributed by atoms with Gasteiger partial charge in [-0.3, -0.25) is 9.78 Å². The lowest BCUT2D eigenvalue weighted by atomic mass is 10.1. The molecule has 3 nitrogen and oxygen atoms in total. The zero-order valence-corrected chi connectivity index (χ0v) is 15.1. The summed E-state index contributed by atoms with van der Waals surface area (Å²) in [7, 11) is 0. The van der Waals surface area contributed by atoms with Gasteiger partial charge in [0.1, 0.15) is 0 Å². The average Bonchev–Trinajstić information content (AvgIpc) is 3.14. The summed E-state index contributed by atoms with van der Waals surface area (Å²) in [6.45, 7) is 0.603. The van der Waals surface area contributed by atoms with Crippen LogP contribution in [0.3, 0.4) is 0 Å². The second-order valence-electron chi connectivity index (χ2n) is 5.99. The van der Waals surface area contributed by atoms with Crippen molar-refractivity contribution in [2.45, 2.75) is 31.8 Å². The Labute approximate surface area is 152 Å². The molecule has 2 aromatic rings. The third-order valence-corrected chi connectivity index (χ3v) is 5.66. The molecule has 0 unspecified atom stereocenters. The Morgan fingerprint density at radius 3 is 2.75 bits per heavy atom. The van der Waals surface area contributed by atoms with Gasteiger partial charge in [-0.05, 0) is 48.4 Å². The minimum absolute atomic E-state index is 0.211. The lowest BCUT2D eigenvalue weighted by Crippen LogP contribution is -2.40. The fourth-order valence-corrected chi connectivity index (χ4v) is 4.25. The number of amides is 1. The average molecular weight is 361 g/mol. The van der Waals surface area contributed by atoms with Crippen molar-refractivity contribution >= 4 is 29.3 Å². The maximum absolute atomic E-state index is 12.8. The summed E-state index contributed by atoms with van der Waals surface area (Å²) in [4.78, 5) is 19.2. The number of halogens is 1. The Hall–Kier alpha value is -1.52. The normalized spacial score (nSPS) is 17.0. The third kappa shape index (κ3) is 4.74. The van der Waals surface area contributed by atoms with Crippen LogP contribution in [0.15, 0.2) is 48.7 Å². The zero-order valence-electron chi connectivity index (χ0n) is 13.5. The standard InChI is InChI=1S/C19H21ClN2OS/c20-16-7-4-15(5-8-16)6-9-19(23)22(18-10-12-24-14-18)13-17-3-1-2-11-21-17/h1-5,7-8,11,18H,6,9-10,12-14H2/t18-/m1/s1. The molecule has 24 heavy (non-hydrogen) atoms. The van der Waals surface area contributed by atoms with E-state index < -0.39 is 0 Å². The van der Waals surface area contributed by atoms with Crippen molar-refractivity contribution in [3.8, 4) is 0 Å². The Balaban J connectivity index is 1.65. The van der Waals surface area contributed by atoms with Crippen LogP contribution in [-0.4, -0.2) is 33.3 Å². The summed E-state index contributed by atoms with van der Waals surface area (Å²) >= 11 is 7.84. The van der Waals surface area contributed by atoms with Gasteiger partial charge < -0.3 is 4.90 Å². The molecule has 5 heteroatoms. The Morgan fingerprint density at radius 1 is 1.25 bits per heavy atom. The molecule has 0 spiro atoms. The van der Waals surface area contributed by atoms with Crippen LogP contribution in [0.1, 0.15) is 24.1 Å². The van der Waals surface area contributed by atoms with Gasteiger partial charge in [-0.15, -0.1) is 0 Å². The van der Waals surface area contributed by atoms with Crippen LogP contribution in [0, 0.1) is 0 Å². The van der Waals surface area contributed by atoms with Crippen LogP contribution in [0.2, 0.25) is 5.02 Å². The van der Waals surface area contributed by atoms with E-state index in [0.717, 1.165) is 40.6 Å². The molecule has 1 fully saturated rings. The molecule has 0 radical (unpaired) electrons. The van der Waals surface area contributed by atoms with E-state index in [0.29, 0.717) is 19.0 Å². The topological polar surface area (TPSA) is 33.2 Å². The number of aryl methyl sites for hydroxylation is 1. The van der Waals surface area contributed by atoms with Gasteiger partial charge in [0, 0.05) is 29.4 Å². The van der Waals surface area contributed by atoms with Crippen molar-refractivity contribution in [2.24, 2.45) is 0 Å². The summed E-state index contributed by atoms with van der Waals surface area (Å²) < 4.78 is 0. The highest BCUT2D eigenvalue weighted by atomic mass is 35.5. The van der Waals surface area contributed by atoms with Crippen molar-refractivity contribution in [2.75, 3.05) is 11.5 Å². The SMILES string of the molecule is O=C(CCc1ccc(Cl)cc1)N(Cc1ccccn1)[C@@H]1CCSC1. The first-order valence-electron chi connectivity index (χ1n) is 8.24. The smallest absolute Gasteiger partial charge is 0.223 e. The molecule has 1 aliphatic heterocycles. The third-order valence-electron chi connectivity index (χ3n) is 4.27. The van der Waals surface area contributed by atoms with Crippen LogP contribution in [0.5, 0.6) is 0 Å². The van der Waals surface area contributed by atoms with Crippen molar-refractivity contribution in [3.05, 3.63) is 64.9 Å². The van der Waals surface area contributed by atoms with Gasteiger partial charge in [0.15, 0.2) is 0 Å². The van der Waals surface area contributed by atoms with Crippen molar-refractivity contribution in [1.82, 2.24) is 9.88 Å². The maximum Gasteiger partial charge on any atom is 0.223 e. The first-order chi connectivity index (χ1) is 11.7. The molecule has 0 aliphatic carbocycles. The van der Waals surface area contributed by atoms with Gasteiger partial charge in [0.05, 0.1) is 12.2 Å². The molecule has 2 heterocycles. The Kier molecular flexibility index (Phi) is 6.16. The molecule has 0 N–H and O–H groups in total. The molecule has 1 aliphatic rings. The summed E-state index contributed by atoms with van der Waals surface area (Å²) in [5, 5.41) is 0.727. The highest BCUT2D eigenvalue weighted by molar-refractivity contribution is 7.99. The largest absolute Gasteiger partial charge is 0.333 e. The number of carbonyl (C=O) groups is 1. The number of benzene rings is 1.